The highest BCUT2D eigenvalue weighted by Crippen LogP contribution is 2.46. The van der Waals surface area contributed by atoms with Crippen LogP contribution in [-0.2, 0) is 78.1 Å². The number of ether oxygens (including phenoxy) is 6. The summed E-state index contributed by atoms with van der Waals surface area (Å²) in [6.45, 7) is 48.9. The van der Waals surface area contributed by atoms with Gasteiger partial charge < -0.3 is 55.3 Å². The van der Waals surface area contributed by atoms with E-state index in [1.165, 1.54) is 117 Å². The minimum Gasteiger partial charge on any atom is -0.459 e. The van der Waals surface area contributed by atoms with Gasteiger partial charge in [0.1, 0.15) is 84.8 Å². The van der Waals surface area contributed by atoms with E-state index in [-0.39, 0.29) is 65.4 Å². The Bertz CT molecular complexity index is 4830. The van der Waals surface area contributed by atoms with Gasteiger partial charge in [-0.3, -0.25) is 24.0 Å². The van der Waals surface area contributed by atoms with Crippen molar-refractivity contribution in [3.05, 3.63) is 249 Å². The number of carbonyl (C=O) groups is 6. The lowest BCUT2D eigenvalue weighted by molar-refractivity contribution is -0.927. The highest BCUT2D eigenvalue weighted by atomic mass is 16.6. The van der Waals surface area contributed by atoms with Crippen molar-refractivity contribution >= 4 is 46.6 Å². The van der Waals surface area contributed by atoms with Gasteiger partial charge in [0.15, 0.2) is 0 Å². The van der Waals surface area contributed by atoms with Crippen LogP contribution in [0.15, 0.2) is 188 Å². The topological polar surface area (TPSA) is 158 Å². The van der Waals surface area contributed by atoms with Crippen LogP contribution in [0.5, 0.6) is 0 Å². The molecule has 0 aliphatic heterocycles. The molecule has 0 radical (unpaired) electrons. The van der Waals surface area contributed by atoms with Crippen LogP contribution >= 0.6 is 0 Å². The van der Waals surface area contributed by atoms with Gasteiger partial charge in [0.2, 0.25) is 0 Å². The number of rotatable bonds is 44. The maximum absolute atomic E-state index is 12.6. The monoisotopic (exact) mass is 1830 g/mol. The van der Waals surface area contributed by atoms with Crippen molar-refractivity contribution in [2.75, 3.05) is 200 Å². The van der Waals surface area contributed by atoms with Gasteiger partial charge in [-0.1, -0.05) is 236 Å². The summed E-state index contributed by atoms with van der Waals surface area (Å²) >= 11 is 0. The van der Waals surface area contributed by atoms with E-state index in [1.54, 1.807) is 0 Å². The number of benzene rings is 8. The number of fused-ring (bicyclic) bond motifs is 8. The van der Waals surface area contributed by atoms with Crippen molar-refractivity contribution in [3.63, 3.8) is 0 Å². The summed E-state index contributed by atoms with van der Waals surface area (Å²) in [5.41, 5.74) is 15.0. The Kier molecular flexibility index (Phi) is 45.0. The first-order chi connectivity index (χ1) is 64.1. The molecule has 0 heterocycles. The molecule has 0 spiro atoms. The van der Waals surface area contributed by atoms with Crippen molar-refractivity contribution in [2.45, 2.75) is 215 Å². The summed E-state index contributed by atoms with van der Waals surface area (Å²) in [5.74, 6) is -1.00. The molecule has 0 fully saturated rings. The smallest absolute Gasteiger partial charge is 0.338 e. The molecule has 5 aliphatic carbocycles. The largest absolute Gasteiger partial charge is 0.459 e. The van der Waals surface area contributed by atoms with Gasteiger partial charge >= 0.3 is 35.8 Å². The lowest BCUT2D eigenvalue weighted by Gasteiger charge is -2.37. The summed E-state index contributed by atoms with van der Waals surface area (Å²) < 4.78 is 39.4. The van der Waals surface area contributed by atoms with E-state index >= 15 is 0 Å². The van der Waals surface area contributed by atoms with Gasteiger partial charge in [-0.05, 0) is 215 Å². The third-order valence-corrected chi connectivity index (χ3v) is 28.8. The van der Waals surface area contributed by atoms with E-state index in [1.807, 2.05) is 121 Å². The second-order valence-electron chi connectivity index (χ2n) is 39.5. The molecule has 0 N–H and O–H groups in total. The quantitative estimate of drug-likeness (QED) is 0.0202. The van der Waals surface area contributed by atoms with Crippen LogP contribution in [-0.4, -0.2) is 262 Å². The predicted octanol–water partition coefficient (Wildman–Crippen LogP) is 21.4. The van der Waals surface area contributed by atoms with Crippen LogP contribution in [0.3, 0.4) is 0 Å². The van der Waals surface area contributed by atoms with Crippen LogP contribution in [0.25, 0.3) is 21.9 Å². The van der Waals surface area contributed by atoms with Gasteiger partial charge in [-0.2, -0.15) is 0 Å². The summed E-state index contributed by atoms with van der Waals surface area (Å²) in [5, 5.41) is 2.04. The van der Waals surface area contributed by atoms with E-state index in [4.69, 9.17) is 28.4 Å². The molecule has 6 atom stereocenters. The molecule has 0 saturated heterocycles. The number of hydrogen-bond acceptors (Lipinski definition) is 12. The zero-order valence-electron chi connectivity index (χ0n) is 85.2. The number of aryl methyl sites for hydroxylation is 4. The highest BCUT2D eigenvalue weighted by Gasteiger charge is 2.38. The maximum Gasteiger partial charge on any atom is 0.338 e. The highest BCUT2D eigenvalue weighted by molar-refractivity contribution is 6.04. The van der Waals surface area contributed by atoms with E-state index in [0.29, 0.717) is 45.2 Å². The van der Waals surface area contributed by atoms with Crippen LogP contribution in [0.1, 0.15) is 256 Å². The van der Waals surface area contributed by atoms with Crippen molar-refractivity contribution in [1.82, 2.24) is 0 Å². The SMILES string of the molecule is CCCC[N+](CC)(CCC)CCOC(=O)C1CCc2ccccc21.CCCC[N+](CC)(CCC)CCOC(=O)c1cccc2ccccc12.CCC[N+](CC)(CCC)CCOC(=O)C1CCc2ccccc21.CC[N+](CC)(CC)CCOC(=O)C1CCc2ccccc21.C[N+](C)(C)CCOC(=O)C1CCc2ccccc21.C[N+](C)(C)CCOC(=O)C1c2ccccc2-c2ccccc21. The molecule has 0 saturated carbocycles. The molecule has 8 aromatic rings. The number of quaternary nitrogens is 6. The molecular formula is C115H170N6O12+6. The molecule has 6 unspecified atom stereocenters. The minimum atomic E-state index is -0.292. The summed E-state index contributed by atoms with van der Waals surface area (Å²) in [4.78, 5) is 74.6. The summed E-state index contributed by atoms with van der Waals surface area (Å²) in [7, 11) is 12.6. The van der Waals surface area contributed by atoms with Crippen molar-refractivity contribution in [1.29, 1.82) is 0 Å². The average molecular weight is 1830 g/mol. The molecule has 0 aromatic heterocycles. The van der Waals surface area contributed by atoms with E-state index in [9.17, 15) is 28.8 Å². The van der Waals surface area contributed by atoms with Crippen molar-refractivity contribution in [2.24, 2.45) is 0 Å². The molecule has 18 nitrogen and oxygen atoms in total. The van der Waals surface area contributed by atoms with Gasteiger partial charge in [0.25, 0.3) is 0 Å². The number of esters is 6. The van der Waals surface area contributed by atoms with Crippen LogP contribution in [0.4, 0.5) is 0 Å². The zero-order valence-corrected chi connectivity index (χ0v) is 85.2. The standard InChI is InChI=1S/C22H32NO2.C21H34NO2.C20H32NO2.C19H22NO2.C18H28NO2.C15H22NO2/c1-4-7-16-23(6-3,15-5-2)17-18-25-22(24)21-14-10-12-19-11-8-9-13-20(19)21;1-4-7-15-22(6-3,14-5-2)16-17-24-21(23)20-13-12-18-10-8-9-11-19(18)20;1-4-13-21(6-3,14-5-2)15-16-23-20(22)19-12-11-17-9-7-8-10-18(17)19;1-20(2,3)12-13-22-19(21)18-16-10-6-4-8-14(16)15-9-5-7-11-17(15)18;1-4-19(5-2,6-3)13-14-21-18(20)17-12-11-15-9-7-8-10-16(15)17;1-16(2,3)10-11-18-15(17)14-9-8-12-6-4-5-7-13(12)14/h8-14H,4-7,15-18H2,1-3H3;8-11,20H,4-7,12-17H2,1-3H3;7-10,19H,4-6,11-16H2,1-3H3;4-11,18H,12-13H2,1-3H3;7-10,17H,4-6,11-14H2,1-3H3;4-7,14H,8-11H2,1-3H3/q6*+1. The van der Waals surface area contributed by atoms with Gasteiger partial charge in [-0.15, -0.1) is 0 Å². The Morgan fingerprint density at radius 1 is 0.263 bits per heavy atom. The first-order valence-electron chi connectivity index (χ1n) is 51.1. The zero-order chi connectivity index (χ0) is 96.5. The van der Waals surface area contributed by atoms with E-state index < -0.39 is 0 Å². The number of unbranched alkanes of at least 4 members (excludes halogenated alkanes) is 2. The summed E-state index contributed by atoms with van der Waals surface area (Å²) in [6.07, 6.45) is 17.2. The molecule has 18 heteroatoms. The van der Waals surface area contributed by atoms with Crippen molar-refractivity contribution in [3.8, 4) is 11.1 Å². The molecule has 13 rings (SSSR count). The maximum atomic E-state index is 12.6. The fourth-order valence-electron chi connectivity index (χ4n) is 20.2. The fourth-order valence-corrected chi connectivity index (χ4v) is 20.2. The predicted molar refractivity (Wildman–Crippen MR) is 542 cm³/mol. The van der Waals surface area contributed by atoms with Crippen LogP contribution in [0.2, 0.25) is 0 Å². The average Bonchev–Trinajstić information content (AvgIpc) is 1.60. The van der Waals surface area contributed by atoms with Crippen LogP contribution in [0, 0.1) is 0 Å². The number of likely N-dealkylation sites (N-methyl/N-ethyl adjacent to an activating group) is 6. The third-order valence-electron chi connectivity index (χ3n) is 28.8. The minimum absolute atomic E-state index is 0.0267. The Morgan fingerprint density at radius 3 is 0.857 bits per heavy atom. The first-order valence-corrected chi connectivity index (χ1v) is 51.1. The lowest BCUT2D eigenvalue weighted by Crippen LogP contribution is -2.51. The molecule has 133 heavy (non-hydrogen) atoms. The molecular weight excluding hydrogens is 1660 g/mol. The molecule has 5 aliphatic rings. The second kappa shape index (κ2) is 55.0. The lowest BCUT2D eigenvalue weighted by atomic mass is 9.97. The van der Waals surface area contributed by atoms with E-state index in [0.717, 1.165) is 208 Å². The Hall–Kier alpha value is -9.40. The Balaban J connectivity index is 0.000000197. The van der Waals surface area contributed by atoms with Crippen LogP contribution < -0.4 is 0 Å². The number of carbonyl (C=O) groups excluding carboxylic acids is 6. The third kappa shape index (κ3) is 32.1. The fraction of sp³-hybridized carbons (Fsp3) is 0.548. The molecule has 726 valence electrons. The number of hydrogen-bond donors (Lipinski definition) is 0. The normalized spacial score (nSPS) is 16.4. The van der Waals surface area contributed by atoms with Crippen molar-refractivity contribution < 1.29 is 84.1 Å². The van der Waals surface area contributed by atoms with Gasteiger partial charge in [0.05, 0.1) is 150 Å². The van der Waals surface area contributed by atoms with Gasteiger partial charge in [0, 0.05) is 0 Å². The molecule has 0 amide bonds. The Labute approximate surface area is 801 Å². The molecule has 8 aromatic carbocycles. The summed E-state index contributed by atoms with van der Waals surface area (Å²) in [6, 6.07) is 63.0. The van der Waals surface area contributed by atoms with Gasteiger partial charge in [-0.25, -0.2) is 4.79 Å². The number of nitrogens with zero attached hydrogens (tertiary/aromatic N) is 6. The Morgan fingerprint density at radius 2 is 0.534 bits per heavy atom. The molecule has 0 bridgehead atoms. The first kappa shape index (κ1) is 109. The van der Waals surface area contributed by atoms with E-state index in [2.05, 4.69) is 192 Å². The second-order valence-corrected chi connectivity index (χ2v) is 39.5.